The number of hydrogen-bond donors (Lipinski definition) is 0. The van der Waals surface area contributed by atoms with Gasteiger partial charge in [0.1, 0.15) is 0 Å². The number of allylic oxidation sites excluding steroid dienone is 1. The maximum Gasteiger partial charge on any atom is 0.0618 e. The van der Waals surface area contributed by atoms with E-state index in [1.807, 2.05) is 0 Å². The lowest BCUT2D eigenvalue weighted by Gasteiger charge is -2.34. The highest BCUT2D eigenvalue weighted by Crippen LogP contribution is 2.58. The van der Waals surface area contributed by atoms with Crippen molar-refractivity contribution in [1.82, 2.24) is 0 Å². The van der Waals surface area contributed by atoms with Crippen molar-refractivity contribution in [1.29, 1.82) is 0 Å². The van der Waals surface area contributed by atoms with Gasteiger partial charge in [-0.3, -0.25) is 0 Å². The molecule has 1 unspecified atom stereocenters. The van der Waals surface area contributed by atoms with E-state index in [2.05, 4.69) is 191 Å². The third-order valence-electron chi connectivity index (χ3n) is 12.5. The van der Waals surface area contributed by atoms with Crippen LogP contribution < -0.4 is 4.90 Å². The fraction of sp³-hybridized carbons (Fsp3) is 0.176. The van der Waals surface area contributed by atoms with Crippen LogP contribution in [-0.2, 0) is 10.8 Å². The Labute approximate surface area is 307 Å². The predicted octanol–water partition coefficient (Wildman–Crippen LogP) is 14.1. The zero-order valence-corrected chi connectivity index (χ0v) is 30.7. The fourth-order valence-corrected chi connectivity index (χ4v) is 9.60. The number of benzene rings is 7. The standard InChI is InChI=1S/C51H43N/c1-32-13-12-18-41-43(32)31-47-48(42-17-9-11-20-45(42)51(47,4)5)49(41)52(38-27-28-40-39-16-8-10-19-44(39)50(2,3)46(40)30-38)37-25-23-34(24-26-37)36-22-21-33-14-6-7-15-35(33)29-36/h6-12,14-32H,13H2,1-5H3. The molecule has 0 N–H and O–H groups in total. The lowest BCUT2D eigenvalue weighted by Crippen LogP contribution is -2.20. The topological polar surface area (TPSA) is 3.24 Å². The number of nitrogens with zero attached hydrogens (tertiary/aromatic N) is 1. The lowest BCUT2D eigenvalue weighted by molar-refractivity contribution is 0.656. The van der Waals surface area contributed by atoms with Crippen LogP contribution in [0.4, 0.5) is 17.1 Å². The van der Waals surface area contributed by atoms with E-state index in [4.69, 9.17) is 0 Å². The highest BCUT2D eigenvalue weighted by molar-refractivity contribution is 6.01. The first-order valence-corrected chi connectivity index (χ1v) is 18.8. The van der Waals surface area contributed by atoms with E-state index in [9.17, 15) is 0 Å². The monoisotopic (exact) mass is 669 g/mol. The summed E-state index contributed by atoms with van der Waals surface area (Å²) in [5.74, 6) is 0.439. The number of anilines is 3. The maximum atomic E-state index is 2.59. The van der Waals surface area contributed by atoms with Crippen LogP contribution in [0.2, 0.25) is 0 Å². The summed E-state index contributed by atoms with van der Waals surface area (Å²) in [6.07, 6.45) is 5.85. The Morgan fingerprint density at radius 2 is 1.13 bits per heavy atom. The molecule has 0 spiro atoms. The van der Waals surface area contributed by atoms with Gasteiger partial charge < -0.3 is 4.90 Å². The Hall–Kier alpha value is -5.66. The van der Waals surface area contributed by atoms with Crippen LogP contribution in [0.1, 0.15) is 80.3 Å². The molecule has 1 atom stereocenters. The summed E-state index contributed by atoms with van der Waals surface area (Å²) >= 11 is 0. The van der Waals surface area contributed by atoms with Crippen LogP contribution in [-0.4, -0.2) is 0 Å². The second-order valence-electron chi connectivity index (χ2n) is 16.2. The molecule has 252 valence electrons. The average molecular weight is 670 g/mol. The van der Waals surface area contributed by atoms with Crippen molar-refractivity contribution in [3.63, 3.8) is 0 Å². The third-order valence-corrected chi connectivity index (χ3v) is 12.5. The van der Waals surface area contributed by atoms with Crippen LogP contribution in [0.5, 0.6) is 0 Å². The summed E-state index contributed by atoms with van der Waals surface area (Å²) in [4.78, 5) is 2.59. The van der Waals surface area contributed by atoms with E-state index in [-0.39, 0.29) is 10.8 Å². The molecule has 0 fully saturated rings. The summed E-state index contributed by atoms with van der Waals surface area (Å²) in [6.45, 7) is 12.0. The van der Waals surface area contributed by atoms with E-state index in [1.165, 1.54) is 94.6 Å². The predicted molar refractivity (Wildman–Crippen MR) is 221 cm³/mol. The summed E-state index contributed by atoms with van der Waals surface area (Å²) in [5.41, 5.74) is 19.7. The summed E-state index contributed by atoms with van der Waals surface area (Å²) < 4.78 is 0. The van der Waals surface area contributed by atoms with Gasteiger partial charge in [-0.15, -0.1) is 0 Å². The quantitative estimate of drug-likeness (QED) is 0.180. The minimum Gasteiger partial charge on any atom is -0.309 e. The Balaban J connectivity index is 1.24. The Kier molecular flexibility index (Phi) is 6.68. The Morgan fingerprint density at radius 3 is 1.92 bits per heavy atom. The van der Waals surface area contributed by atoms with Gasteiger partial charge in [-0.05, 0) is 109 Å². The van der Waals surface area contributed by atoms with Gasteiger partial charge in [0.05, 0.1) is 5.69 Å². The van der Waals surface area contributed by atoms with Crippen molar-refractivity contribution in [2.75, 3.05) is 4.90 Å². The second kappa shape index (κ2) is 11.2. The van der Waals surface area contributed by atoms with Crippen LogP contribution in [0.3, 0.4) is 0 Å². The molecular weight excluding hydrogens is 627 g/mol. The minimum absolute atomic E-state index is 0.103. The highest BCUT2D eigenvalue weighted by Gasteiger charge is 2.41. The van der Waals surface area contributed by atoms with Gasteiger partial charge in [-0.25, -0.2) is 0 Å². The van der Waals surface area contributed by atoms with E-state index in [0.29, 0.717) is 5.92 Å². The molecule has 0 aliphatic heterocycles. The van der Waals surface area contributed by atoms with Crippen molar-refractivity contribution >= 4 is 33.9 Å². The van der Waals surface area contributed by atoms with Gasteiger partial charge >= 0.3 is 0 Å². The minimum atomic E-state index is -0.107. The largest absolute Gasteiger partial charge is 0.309 e. The molecule has 0 aromatic heterocycles. The molecule has 7 aromatic carbocycles. The molecule has 7 aromatic rings. The normalized spacial score (nSPS) is 16.9. The first-order valence-electron chi connectivity index (χ1n) is 18.8. The van der Waals surface area contributed by atoms with Gasteiger partial charge in [-0.1, -0.05) is 156 Å². The molecule has 52 heavy (non-hydrogen) atoms. The molecule has 0 radical (unpaired) electrons. The summed E-state index contributed by atoms with van der Waals surface area (Å²) in [5, 5.41) is 2.53. The molecule has 3 aliphatic rings. The number of fused-ring (bicyclic) bond motifs is 8. The smallest absolute Gasteiger partial charge is 0.0618 e. The fourth-order valence-electron chi connectivity index (χ4n) is 9.60. The molecule has 1 nitrogen and oxygen atoms in total. The highest BCUT2D eigenvalue weighted by atomic mass is 15.1. The SMILES string of the molecule is CC1CC=Cc2c1cc1c(c2N(c2ccc(-c3ccc4ccccc4c3)cc2)c2ccc3c(c2)C(C)(C)c2ccccc2-3)-c2ccccc2C1(C)C. The van der Waals surface area contributed by atoms with Gasteiger partial charge in [0.2, 0.25) is 0 Å². The van der Waals surface area contributed by atoms with Crippen molar-refractivity contribution < 1.29 is 0 Å². The molecule has 0 saturated heterocycles. The van der Waals surface area contributed by atoms with Crippen molar-refractivity contribution in [2.24, 2.45) is 0 Å². The average Bonchev–Trinajstić information content (AvgIpc) is 3.54. The van der Waals surface area contributed by atoms with E-state index in [0.717, 1.165) is 6.42 Å². The summed E-state index contributed by atoms with van der Waals surface area (Å²) in [7, 11) is 0. The van der Waals surface area contributed by atoms with E-state index in [1.54, 1.807) is 0 Å². The van der Waals surface area contributed by atoms with Crippen molar-refractivity contribution in [3.8, 4) is 33.4 Å². The molecule has 0 saturated carbocycles. The molecule has 0 amide bonds. The summed E-state index contributed by atoms with van der Waals surface area (Å²) in [6, 6.07) is 52.6. The molecular formula is C51H43N. The van der Waals surface area contributed by atoms with E-state index >= 15 is 0 Å². The van der Waals surface area contributed by atoms with E-state index < -0.39 is 0 Å². The molecule has 0 heterocycles. The number of rotatable bonds is 4. The van der Waals surface area contributed by atoms with Crippen molar-refractivity contribution in [2.45, 2.75) is 57.8 Å². The van der Waals surface area contributed by atoms with Gasteiger partial charge in [0.15, 0.2) is 0 Å². The van der Waals surface area contributed by atoms with Crippen LogP contribution in [0, 0.1) is 0 Å². The number of hydrogen-bond acceptors (Lipinski definition) is 1. The van der Waals surface area contributed by atoms with Crippen molar-refractivity contribution in [3.05, 3.63) is 179 Å². The Bertz CT molecular complexity index is 2610. The third kappa shape index (κ3) is 4.42. The zero-order valence-electron chi connectivity index (χ0n) is 30.7. The van der Waals surface area contributed by atoms with Gasteiger partial charge in [-0.2, -0.15) is 0 Å². The second-order valence-corrected chi connectivity index (χ2v) is 16.2. The molecule has 1 heteroatoms. The van der Waals surface area contributed by atoms with Gasteiger partial charge in [0, 0.05) is 33.3 Å². The van der Waals surface area contributed by atoms with Gasteiger partial charge in [0.25, 0.3) is 0 Å². The first-order chi connectivity index (χ1) is 25.2. The maximum absolute atomic E-state index is 2.59. The molecule has 3 aliphatic carbocycles. The molecule has 10 rings (SSSR count). The lowest BCUT2D eigenvalue weighted by atomic mass is 9.78. The van der Waals surface area contributed by atoms with Crippen LogP contribution >= 0.6 is 0 Å². The van der Waals surface area contributed by atoms with Crippen LogP contribution in [0.15, 0.2) is 146 Å². The van der Waals surface area contributed by atoms with Crippen LogP contribution in [0.25, 0.3) is 50.2 Å². The Morgan fingerprint density at radius 1 is 0.519 bits per heavy atom. The first kappa shape index (κ1) is 31.1. The zero-order chi connectivity index (χ0) is 35.4. The molecule has 0 bridgehead atoms.